The van der Waals surface area contributed by atoms with E-state index in [1.54, 1.807) is 10.9 Å². The molecule has 1 saturated heterocycles. The molecule has 0 bridgehead atoms. The van der Waals surface area contributed by atoms with E-state index in [1.807, 2.05) is 29.5 Å². The number of aryl methyl sites for hydroxylation is 2. The van der Waals surface area contributed by atoms with Gasteiger partial charge in [0.15, 0.2) is 0 Å². The van der Waals surface area contributed by atoms with Gasteiger partial charge in [-0.25, -0.2) is 0 Å². The van der Waals surface area contributed by atoms with Crippen LogP contribution in [-0.4, -0.2) is 28.3 Å². The first-order chi connectivity index (χ1) is 10.7. The number of thiophene rings is 1. The van der Waals surface area contributed by atoms with E-state index in [1.165, 1.54) is 23.3 Å². The molecule has 1 amide bonds. The van der Waals surface area contributed by atoms with Crippen molar-refractivity contribution in [2.24, 2.45) is 7.05 Å². The standard InChI is InChI=1S/C16H20N4OS/c1-19-10-11(9-17-19)20-7-5-14(16(20)21)18-13-3-2-4-15-12(13)6-8-22-15/h6,8-10,13-14,18H,2-5,7H2,1H3. The van der Waals surface area contributed by atoms with Gasteiger partial charge in [-0.3, -0.25) is 14.8 Å². The molecule has 0 saturated carbocycles. The number of nitrogens with zero attached hydrogens (tertiary/aromatic N) is 3. The van der Waals surface area contributed by atoms with Gasteiger partial charge >= 0.3 is 0 Å². The number of carbonyl (C=O) groups excluding carboxylic acids is 1. The molecule has 1 N–H and O–H groups in total. The zero-order valence-electron chi connectivity index (χ0n) is 12.7. The number of carbonyl (C=O) groups is 1. The van der Waals surface area contributed by atoms with Crippen LogP contribution in [0.25, 0.3) is 0 Å². The lowest BCUT2D eigenvalue weighted by atomic mass is 9.93. The van der Waals surface area contributed by atoms with Gasteiger partial charge in [-0.15, -0.1) is 11.3 Å². The molecule has 0 aromatic carbocycles. The van der Waals surface area contributed by atoms with Gasteiger partial charge in [0.25, 0.3) is 0 Å². The third-order valence-electron chi connectivity index (χ3n) is 4.66. The van der Waals surface area contributed by atoms with Crippen molar-refractivity contribution in [1.82, 2.24) is 15.1 Å². The third-order valence-corrected chi connectivity index (χ3v) is 5.66. The molecular formula is C16H20N4OS. The SMILES string of the molecule is Cn1cc(N2CCC(NC3CCCc4sccc43)C2=O)cn1. The Morgan fingerprint density at radius 1 is 1.36 bits per heavy atom. The van der Waals surface area contributed by atoms with Gasteiger partial charge in [0.1, 0.15) is 0 Å². The van der Waals surface area contributed by atoms with E-state index in [2.05, 4.69) is 21.9 Å². The Morgan fingerprint density at radius 3 is 3.09 bits per heavy atom. The second-order valence-electron chi connectivity index (χ2n) is 6.11. The van der Waals surface area contributed by atoms with E-state index in [4.69, 9.17) is 0 Å². The highest BCUT2D eigenvalue weighted by Gasteiger charge is 2.35. The fourth-order valence-electron chi connectivity index (χ4n) is 3.54. The van der Waals surface area contributed by atoms with Crippen molar-refractivity contribution in [3.05, 3.63) is 34.3 Å². The van der Waals surface area contributed by atoms with E-state index >= 15 is 0 Å². The minimum Gasteiger partial charge on any atom is -0.308 e. The van der Waals surface area contributed by atoms with Crippen LogP contribution < -0.4 is 10.2 Å². The fourth-order valence-corrected chi connectivity index (χ4v) is 4.53. The second kappa shape index (κ2) is 5.52. The molecular weight excluding hydrogens is 296 g/mol. The highest BCUT2D eigenvalue weighted by molar-refractivity contribution is 7.10. The van der Waals surface area contributed by atoms with Gasteiger partial charge in [-0.05, 0) is 42.7 Å². The summed E-state index contributed by atoms with van der Waals surface area (Å²) in [6, 6.07) is 2.48. The summed E-state index contributed by atoms with van der Waals surface area (Å²) in [5.74, 6) is 0.176. The summed E-state index contributed by atoms with van der Waals surface area (Å²) in [5.41, 5.74) is 2.31. The van der Waals surface area contributed by atoms with Gasteiger partial charge in [-0.2, -0.15) is 5.10 Å². The number of aromatic nitrogens is 2. The Hall–Kier alpha value is -1.66. The smallest absolute Gasteiger partial charge is 0.244 e. The average molecular weight is 316 g/mol. The first-order valence-corrected chi connectivity index (χ1v) is 8.72. The van der Waals surface area contributed by atoms with Crippen LogP contribution in [0.15, 0.2) is 23.8 Å². The summed E-state index contributed by atoms with van der Waals surface area (Å²) in [6.45, 7) is 0.769. The predicted molar refractivity (Wildman–Crippen MR) is 87.1 cm³/mol. The Kier molecular flexibility index (Phi) is 3.50. The van der Waals surface area contributed by atoms with Crippen molar-refractivity contribution < 1.29 is 4.79 Å². The summed E-state index contributed by atoms with van der Waals surface area (Å²) in [7, 11) is 1.87. The van der Waals surface area contributed by atoms with E-state index < -0.39 is 0 Å². The first kappa shape index (κ1) is 14.0. The van der Waals surface area contributed by atoms with Crippen molar-refractivity contribution in [2.75, 3.05) is 11.4 Å². The number of nitrogens with one attached hydrogen (secondary N) is 1. The van der Waals surface area contributed by atoms with Gasteiger partial charge < -0.3 is 4.90 Å². The van der Waals surface area contributed by atoms with Crippen LogP contribution >= 0.6 is 11.3 Å². The molecule has 0 radical (unpaired) electrons. The quantitative estimate of drug-likeness (QED) is 0.945. The molecule has 116 valence electrons. The molecule has 2 unspecified atom stereocenters. The molecule has 1 aliphatic heterocycles. The lowest BCUT2D eigenvalue weighted by Gasteiger charge is -2.26. The Bertz CT molecular complexity index is 692. The minimum atomic E-state index is -0.0731. The van der Waals surface area contributed by atoms with Crippen LogP contribution in [0, 0.1) is 0 Å². The van der Waals surface area contributed by atoms with Gasteiger partial charge in [-0.1, -0.05) is 0 Å². The Labute approximate surface area is 133 Å². The van der Waals surface area contributed by atoms with Crippen LogP contribution in [0.2, 0.25) is 0 Å². The van der Waals surface area contributed by atoms with Crippen molar-refractivity contribution in [3.8, 4) is 0 Å². The zero-order valence-corrected chi connectivity index (χ0v) is 13.5. The van der Waals surface area contributed by atoms with Gasteiger partial charge in [0.2, 0.25) is 5.91 Å². The zero-order chi connectivity index (χ0) is 15.1. The second-order valence-corrected chi connectivity index (χ2v) is 7.11. The summed E-state index contributed by atoms with van der Waals surface area (Å²) >= 11 is 1.84. The maximum atomic E-state index is 12.7. The number of hydrogen-bond acceptors (Lipinski definition) is 4. The lowest BCUT2D eigenvalue weighted by Crippen LogP contribution is -2.40. The normalized spacial score (nSPS) is 24.8. The maximum Gasteiger partial charge on any atom is 0.244 e. The molecule has 2 atom stereocenters. The maximum absolute atomic E-state index is 12.7. The predicted octanol–water partition coefficient (Wildman–Crippen LogP) is 2.25. The topological polar surface area (TPSA) is 50.2 Å². The van der Waals surface area contributed by atoms with Crippen LogP contribution in [-0.2, 0) is 18.3 Å². The molecule has 3 heterocycles. The Morgan fingerprint density at radius 2 is 2.27 bits per heavy atom. The number of fused-ring (bicyclic) bond motifs is 1. The summed E-state index contributed by atoms with van der Waals surface area (Å²) in [5, 5.41) is 9.94. The fraction of sp³-hybridized carbons (Fsp3) is 0.500. The number of amides is 1. The van der Waals surface area contributed by atoms with E-state index in [0.717, 1.165) is 25.1 Å². The molecule has 1 aliphatic carbocycles. The number of rotatable bonds is 3. The molecule has 2 aliphatic rings. The van der Waals surface area contributed by atoms with Crippen LogP contribution in [0.4, 0.5) is 5.69 Å². The minimum absolute atomic E-state index is 0.0731. The molecule has 2 aromatic rings. The highest BCUT2D eigenvalue weighted by Crippen LogP contribution is 2.34. The van der Waals surface area contributed by atoms with Crippen molar-refractivity contribution >= 4 is 22.9 Å². The van der Waals surface area contributed by atoms with Gasteiger partial charge in [0, 0.05) is 30.7 Å². The Balaban J connectivity index is 1.48. The van der Waals surface area contributed by atoms with Crippen LogP contribution in [0.1, 0.15) is 35.7 Å². The molecule has 22 heavy (non-hydrogen) atoms. The third kappa shape index (κ3) is 2.36. The molecule has 5 nitrogen and oxygen atoms in total. The average Bonchev–Trinajstić information content (AvgIpc) is 3.21. The van der Waals surface area contributed by atoms with E-state index in [9.17, 15) is 4.79 Å². The highest BCUT2D eigenvalue weighted by atomic mass is 32.1. The molecule has 6 heteroatoms. The molecule has 1 fully saturated rings. The summed E-state index contributed by atoms with van der Waals surface area (Å²) in [4.78, 5) is 16.0. The van der Waals surface area contributed by atoms with Crippen molar-refractivity contribution in [3.63, 3.8) is 0 Å². The largest absolute Gasteiger partial charge is 0.308 e. The van der Waals surface area contributed by atoms with Crippen LogP contribution in [0.3, 0.4) is 0 Å². The van der Waals surface area contributed by atoms with E-state index in [0.29, 0.717) is 6.04 Å². The monoisotopic (exact) mass is 316 g/mol. The van der Waals surface area contributed by atoms with Crippen molar-refractivity contribution in [2.45, 2.75) is 37.8 Å². The number of anilines is 1. The van der Waals surface area contributed by atoms with E-state index in [-0.39, 0.29) is 11.9 Å². The number of hydrogen-bond donors (Lipinski definition) is 1. The van der Waals surface area contributed by atoms with Gasteiger partial charge in [0.05, 0.1) is 17.9 Å². The van der Waals surface area contributed by atoms with Crippen molar-refractivity contribution in [1.29, 1.82) is 0 Å². The molecule has 0 spiro atoms. The molecule has 2 aromatic heterocycles. The van der Waals surface area contributed by atoms with Crippen LogP contribution in [0.5, 0.6) is 0 Å². The summed E-state index contributed by atoms with van der Waals surface area (Å²) < 4.78 is 1.74. The molecule has 4 rings (SSSR count). The lowest BCUT2D eigenvalue weighted by molar-refractivity contribution is -0.119. The summed E-state index contributed by atoms with van der Waals surface area (Å²) in [6.07, 6.45) is 8.05. The first-order valence-electron chi connectivity index (χ1n) is 7.85.